The Labute approximate surface area is 218 Å². The molecule has 1 fully saturated rings. The lowest BCUT2D eigenvalue weighted by molar-refractivity contribution is 0.220. The first kappa shape index (κ1) is 22.7. The van der Waals surface area contributed by atoms with E-state index in [1.807, 2.05) is 24.8 Å². The highest BCUT2D eigenvalue weighted by Crippen LogP contribution is 2.34. The van der Waals surface area contributed by atoms with Crippen molar-refractivity contribution >= 4 is 21.9 Å². The van der Waals surface area contributed by atoms with Crippen molar-refractivity contribution in [3.05, 3.63) is 84.8 Å². The van der Waals surface area contributed by atoms with Crippen LogP contribution in [0, 0.1) is 5.82 Å². The number of H-pyrrole nitrogens is 2. The molecule has 1 saturated heterocycles. The molecular weight excluding hydrogens is 477 g/mol. The zero-order valence-corrected chi connectivity index (χ0v) is 20.8. The van der Waals surface area contributed by atoms with Crippen LogP contribution in [0.5, 0.6) is 0 Å². The van der Waals surface area contributed by atoms with Gasteiger partial charge < -0.3 is 4.98 Å². The van der Waals surface area contributed by atoms with Crippen LogP contribution in [0.2, 0.25) is 0 Å². The fourth-order valence-corrected chi connectivity index (χ4v) is 5.42. The van der Waals surface area contributed by atoms with E-state index in [1.54, 1.807) is 18.3 Å². The van der Waals surface area contributed by atoms with Crippen LogP contribution in [-0.2, 0) is 6.54 Å². The fraction of sp³-hybridized carbons (Fsp3) is 0.200. The van der Waals surface area contributed by atoms with Crippen LogP contribution < -0.4 is 0 Å². The average Bonchev–Trinajstić information content (AvgIpc) is 3.58. The van der Waals surface area contributed by atoms with Gasteiger partial charge in [-0.2, -0.15) is 5.10 Å². The number of hydrogen-bond donors (Lipinski definition) is 2. The van der Waals surface area contributed by atoms with Crippen LogP contribution in [0.25, 0.3) is 55.6 Å². The highest BCUT2D eigenvalue weighted by Gasteiger charge is 2.16. The van der Waals surface area contributed by atoms with E-state index in [0.717, 1.165) is 69.6 Å². The summed E-state index contributed by atoms with van der Waals surface area (Å²) in [5, 5.41) is 9.54. The smallest absolute Gasteiger partial charge is 0.181 e. The van der Waals surface area contributed by atoms with Gasteiger partial charge in [0.1, 0.15) is 5.82 Å². The largest absolute Gasteiger partial charge is 0.352 e. The van der Waals surface area contributed by atoms with Gasteiger partial charge in [-0.3, -0.25) is 20.0 Å². The lowest BCUT2D eigenvalue weighted by Crippen LogP contribution is -2.29. The molecule has 6 heterocycles. The summed E-state index contributed by atoms with van der Waals surface area (Å²) in [5.74, 6) is -0.261. The van der Waals surface area contributed by atoms with Gasteiger partial charge in [0.2, 0.25) is 0 Å². The van der Waals surface area contributed by atoms with Gasteiger partial charge in [0, 0.05) is 58.8 Å². The minimum absolute atomic E-state index is 0.261. The number of pyridine rings is 3. The Morgan fingerprint density at radius 2 is 1.61 bits per heavy atom. The third kappa shape index (κ3) is 4.22. The second-order valence-electron chi connectivity index (χ2n) is 9.95. The van der Waals surface area contributed by atoms with E-state index in [4.69, 9.17) is 0 Å². The molecule has 1 aliphatic heterocycles. The maximum atomic E-state index is 13.5. The quantitative estimate of drug-likeness (QED) is 0.286. The molecule has 7 nitrogen and oxygen atoms in total. The second-order valence-corrected chi connectivity index (χ2v) is 9.95. The molecule has 0 unspecified atom stereocenters. The predicted molar refractivity (Wildman–Crippen MR) is 147 cm³/mol. The van der Waals surface area contributed by atoms with Gasteiger partial charge in [0.05, 0.1) is 23.1 Å². The molecule has 38 heavy (non-hydrogen) atoms. The van der Waals surface area contributed by atoms with E-state index in [9.17, 15) is 4.39 Å². The molecule has 0 bridgehead atoms. The molecule has 188 valence electrons. The summed E-state index contributed by atoms with van der Waals surface area (Å²) in [6.07, 6.45) is 13.2. The van der Waals surface area contributed by atoms with Gasteiger partial charge >= 0.3 is 0 Å². The summed E-state index contributed by atoms with van der Waals surface area (Å²) in [7, 11) is 0. The summed E-state index contributed by atoms with van der Waals surface area (Å²) >= 11 is 0. The number of nitrogens with zero attached hydrogens (tertiary/aromatic N) is 5. The van der Waals surface area contributed by atoms with E-state index in [2.05, 4.69) is 53.2 Å². The lowest BCUT2D eigenvalue weighted by atomic mass is 10.0. The number of likely N-dealkylation sites (tertiary alicyclic amines) is 1. The van der Waals surface area contributed by atoms with Gasteiger partial charge in [0.15, 0.2) is 5.65 Å². The van der Waals surface area contributed by atoms with Crippen LogP contribution in [0.15, 0.2) is 73.4 Å². The summed E-state index contributed by atoms with van der Waals surface area (Å²) in [5.41, 5.74) is 8.38. The Kier molecular flexibility index (Phi) is 5.66. The molecule has 2 N–H and O–H groups in total. The third-order valence-electron chi connectivity index (χ3n) is 7.36. The van der Waals surface area contributed by atoms with E-state index in [0.29, 0.717) is 5.65 Å². The number of aromatic nitrogens is 6. The number of rotatable bonds is 5. The lowest BCUT2D eigenvalue weighted by Gasteiger charge is -2.26. The summed E-state index contributed by atoms with van der Waals surface area (Å²) < 4.78 is 13.5. The number of benzene rings is 1. The molecule has 7 rings (SSSR count). The van der Waals surface area contributed by atoms with E-state index in [-0.39, 0.29) is 5.82 Å². The molecule has 1 aliphatic rings. The molecule has 0 saturated carbocycles. The van der Waals surface area contributed by atoms with Crippen molar-refractivity contribution in [1.82, 2.24) is 35.0 Å². The topological polar surface area (TPSA) is 86.4 Å². The SMILES string of the molecule is Fc1ccc(-c2cncc3[nH]c(-c4[nH]nc5ncc(-c6cncc(CN7CCCCC7)c6)cc45)cc23)cc1. The number of aromatic amines is 2. The molecule has 8 heteroatoms. The van der Waals surface area contributed by atoms with Gasteiger partial charge in [-0.15, -0.1) is 0 Å². The molecule has 0 atom stereocenters. The molecule has 6 aromatic rings. The highest BCUT2D eigenvalue weighted by molar-refractivity contribution is 6.00. The Morgan fingerprint density at radius 1 is 0.789 bits per heavy atom. The van der Waals surface area contributed by atoms with Gasteiger partial charge in [-0.25, -0.2) is 9.37 Å². The second kappa shape index (κ2) is 9.46. The summed E-state index contributed by atoms with van der Waals surface area (Å²) in [4.78, 5) is 19.5. The van der Waals surface area contributed by atoms with Crippen LogP contribution in [-0.4, -0.2) is 48.1 Å². The first-order chi connectivity index (χ1) is 18.7. The monoisotopic (exact) mass is 503 g/mol. The number of piperidine rings is 1. The van der Waals surface area contributed by atoms with Crippen molar-refractivity contribution in [2.45, 2.75) is 25.8 Å². The molecule has 0 spiro atoms. The number of hydrogen-bond acceptors (Lipinski definition) is 5. The van der Waals surface area contributed by atoms with E-state index in [1.165, 1.54) is 37.0 Å². The zero-order valence-electron chi connectivity index (χ0n) is 20.8. The Balaban J connectivity index is 1.25. The Hall–Kier alpha value is -4.43. The van der Waals surface area contributed by atoms with Gasteiger partial charge in [-0.1, -0.05) is 18.6 Å². The normalized spacial score (nSPS) is 14.4. The maximum absolute atomic E-state index is 13.5. The van der Waals surface area contributed by atoms with Gasteiger partial charge in [0.25, 0.3) is 0 Å². The Morgan fingerprint density at radius 3 is 2.47 bits per heavy atom. The zero-order chi connectivity index (χ0) is 25.5. The first-order valence-electron chi connectivity index (χ1n) is 12.9. The van der Waals surface area contributed by atoms with Gasteiger partial charge in [-0.05, 0) is 67.4 Å². The maximum Gasteiger partial charge on any atom is 0.181 e. The molecule has 0 aliphatic carbocycles. The first-order valence-corrected chi connectivity index (χ1v) is 12.9. The van der Waals surface area contributed by atoms with E-state index < -0.39 is 0 Å². The van der Waals surface area contributed by atoms with Crippen LogP contribution in [0.1, 0.15) is 24.8 Å². The molecule has 0 radical (unpaired) electrons. The fourth-order valence-electron chi connectivity index (χ4n) is 5.42. The van der Waals surface area contributed by atoms with Crippen molar-refractivity contribution in [2.24, 2.45) is 0 Å². The van der Waals surface area contributed by atoms with Crippen molar-refractivity contribution in [3.63, 3.8) is 0 Å². The number of halogens is 1. The summed E-state index contributed by atoms with van der Waals surface area (Å²) in [6, 6.07) is 12.9. The molecular formula is C30H26FN7. The van der Waals surface area contributed by atoms with Crippen molar-refractivity contribution in [1.29, 1.82) is 0 Å². The number of fused-ring (bicyclic) bond motifs is 2. The van der Waals surface area contributed by atoms with Crippen molar-refractivity contribution in [3.8, 4) is 33.6 Å². The Bertz CT molecular complexity index is 1750. The minimum Gasteiger partial charge on any atom is -0.352 e. The minimum atomic E-state index is -0.261. The average molecular weight is 504 g/mol. The number of nitrogens with one attached hydrogen (secondary N) is 2. The molecule has 1 aromatic carbocycles. The van der Waals surface area contributed by atoms with Crippen molar-refractivity contribution < 1.29 is 4.39 Å². The van der Waals surface area contributed by atoms with Crippen LogP contribution >= 0.6 is 0 Å². The molecule has 5 aromatic heterocycles. The van der Waals surface area contributed by atoms with Crippen molar-refractivity contribution in [2.75, 3.05) is 13.1 Å². The summed E-state index contributed by atoms with van der Waals surface area (Å²) in [6.45, 7) is 3.23. The van der Waals surface area contributed by atoms with Crippen LogP contribution in [0.3, 0.4) is 0 Å². The highest BCUT2D eigenvalue weighted by atomic mass is 19.1. The standard InChI is InChI=1S/C30H26FN7/c31-23-6-4-20(5-7-23)26-16-33-17-28-24(26)12-27(35-28)29-25-11-22(15-34-30(25)37-36-29)21-10-19(13-32-14-21)18-38-8-2-1-3-9-38/h4-7,10-17,35H,1-3,8-9,18H2,(H,34,36,37). The van der Waals surface area contributed by atoms with E-state index >= 15 is 0 Å². The third-order valence-corrected chi connectivity index (χ3v) is 7.36. The predicted octanol–water partition coefficient (Wildman–Crippen LogP) is 6.36. The molecule has 0 amide bonds. The van der Waals surface area contributed by atoms with Crippen LogP contribution in [0.4, 0.5) is 4.39 Å².